The summed E-state index contributed by atoms with van der Waals surface area (Å²) in [6.45, 7) is 3.15. The van der Waals surface area contributed by atoms with Gasteiger partial charge in [0.05, 0.1) is 0 Å². The first-order valence-corrected chi connectivity index (χ1v) is 7.64. The van der Waals surface area contributed by atoms with Crippen molar-refractivity contribution in [1.29, 1.82) is 0 Å². The van der Waals surface area contributed by atoms with Crippen molar-refractivity contribution in [2.45, 2.75) is 32.2 Å². The van der Waals surface area contributed by atoms with Crippen LogP contribution in [0.3, 0.4) is 0 Å². The number of halogens is 1. The molecule has 1 aliphatic rings. The van der Waals surface area contributed by atoms with Crippen LogP contribution in [0.1, 0.15) is 47.4 Å². The Morgan fingerprint density at radius 1 is 1.43 bits per heavy atom. The van der Waals surface area contributed by atoms with Crippen LogP contribution in [0.2, 0.25) is 5.02 Å². The summed E-state index contributed by atoms with van der Waals surface area (Å²) in [5, 5.41) is 7.83. The molecule has 110 valence electrons. The van der Waals surface area contributed by atoms with Crippen molar-refractivity contribution < 1.29 is 4.79 Å². The lowest BCUT2D eigenvalue weighted by molar-refractivity contribution is 0.0746. The van der Waals surface area contributed by atoms with Gasteiger partial charge < -0.3 is 4.90 Å². The summed E-state index contributed by atoms with van der Waals surface area (Å²) in [5.74, 6) is 0.530. The molecule has 0 aliphatic heterocycles. The highest BCUT2D eigenvalue weighted by Crippen LogP contribution is 2.39. The Kier molecular flexibility index (Phi) is 3.97. The number of carbonyl (C=O) groups is 1. The van der Waals surface area contributed by atoms with Crippen LogP contribution < -0.4 is 0 Å². The molecule has 0 bridgehead atoms. The minimum atomic E-state index is -0.0411. The van der Waals surface area contributed by atoms with Gasteiger partial charge in [-0.2, -0.15) is 5.10 Å². The van der Waals surface area contributed by atoms with Crippen molar-refractivity contribution in [2.24, 2.45) is 0 Å². The average molecular weight is 304 g/mol. The number of nitrogens with zero attached hydrogens (tertiary/aromatic N) is 2. The second kappa shape index (κ2) is 5.90. The lowest BCUT2D eigenvalue weighted by Gasteiger charge is -2.20. The smallest absolute Gasteiger partial charge is 0.274 e. The molecular weight excluding hydrogens is 286 g/mol. The molecule has 0 saturated heterocycles. The highest BCUT2D eigenvalue weighted by Gasteiger charge is 2.27. The first-order valence-electron chi connectivity index (χ1n) is 7.26. The van der Waals surface area contributed by atoms with Crippen LogP contribution in [-0.4, -0.2) is 27.5 Å². The van der Waals surface area contributed by atoms with Crippen molar-refractivity contribution in [2.75, 3.05) is 6.54 Å². The summed E-state index contributed by atoms with van der Waals surface area (Å²) in [6.07, 6.45) is 2.38. The Balaban J connectivity index is 1.73. The summed E-state index contributed by atoms with van der Waals surface area (Å²) in [6, 6.07) is 9.48. The molecule has 1 heterocycles. The minimum absolute atomic E-state index is 0.0411. The number of benzene rings is 1. The van der Waals surface area contributed by atoms with Crippen LogP contribution in [0.4, 0.5) is 0 Å². The topological polar surface area (TPSA) is 49.0 Å². The second-order valence-corrected chi connectivity index (χ2v) is 5.87. The Hall–Kier alpha value is -1.81. The summed E-state index contributed by atoms with van der Waals surface area (Å²) < 4.78 is 0. The molecular formula is C16H18ClN3O. The second-order valence-electron chi connectivity index (χ2n) is 5.43. The Labute approximate surface area is 129 Å². The molecule has 0 spiro atoms. The van der Waals surface area contributed by atoms with Crippen molar-refractivity contribution in [3.63, 3.8) is 0 Å². The molecule has 1 aliphatic carbocycles. The van der Waals surface area contributed by atoms with E-state index in [0.29, 0.717) is 29.7 Å². The molecule has 0 unspecified atom stereocenters. The Morgan fingerprint density at radius 2 is 2.24 bits per heavy atom. The van der Waals surface area contributed by atoms with Gasteiger partial charge in [-0.1, -0.05) is 23.7 Å². The number of hydrogen-bond donors (Lipinski definition) is 1. The van der Waals surface area contributed by atoms with E-state index < -0.39 is 0 Å². The summed E-state index contributed by atoms with van der Waals surface area (Å²) in [5.41, 5.74) is 2.61. The van der Waals surface area contributed by atoms with Crippen LogP contribution in [0.15, 0.2) is 30.3 Å². The number of amides is 1. The molecule has 2 aromatic rings. The Bertz CT molecular complexity index is 648. The SMILES string of the molecule is CCN(Cc1cccc(Cl)c1)C(=O)c1cc(C2CC2)[nH]n1. The van der Waals surface area contributed by atoms with E-state index in [1.807, 2.05) is 37.3 Å². The van der Waals surface area contributed by atoms with Crippen LogP contribution in [0.5, 0.6) is 0 Å². The maximum atomic E-state index is 12.5. The molecule has 21 heavy (non-hydrogen) atoms. The maximum absolute atomic E-state index is 12.5. The predicted octanol–water partition coefficient (Wildman–Crippen LogP) is 3.60. The van der Waals surface area contributed by atoms with Gasteiger partial charge in [-0.3, -0.25) is 9.89 Å². The fraction of sp³-hybridized carbons (Fsp3) is 0.375. The van der Waals surface area contributed by atoms with Crippen molar-refractivity contribution in [3.8, 4) is 0 Å². The standard InChI is InChI=1S/C16H18ClN3O/c1-2-20(10-11-4-3-5-13(17)8-11)16(21)15-9-14(18-19-15)12-6-7-12/h3-5,8-9,12H,2,6-7,10H2,1H3,(H,18,19). The number of rotatable bonds is 5. The molecule has 1 saturated carbocycles. The van der Waals surface area contributed by atoms with E-state index in [0.717, 1.165) is 11.3 Å². The molecule has 1 aromatic carbocycles. The highest BCUT2D eigenvalue weighted by atomic mass is 35.5. The summed E-state index contributed by atoms with van der Waals surface area (Å²) >= 11 is 5.99. The van der Waals surface area contributed by atoms with Crippen LogP contribution in [0, 0.1) is 0 Å². The van der Waals surface area contributed by atoms with Gasteiger partial charge in [0.1, 0.15) is 5.69 Å². The number of aromatic amines is 1. The number of H-pyrrole nitrogens is 1. The summed E-state index contributed by atoms with van der Waals surface area (Å²) in [4.78, 5) is 14.3. The minimum Gasteiger partial charge on any atom is -0.333 e. The molecule has 0 atom stereocenters. The zero-order valence-electron chi connectivity index (χ0n) is 12.0. The fourth-order valence-corrected chi connectivity index (χ4v) is 2.61. The van der Waals surface area contributed by atoms with E-state index in [1.54, 1.807) is 4.90 Å². The van der Waals surface area contributed by atoms with Crippen LogP contribution in [-0.2, 0) is 6.54 Å². The number of hydrogen-bond acceptors (Lipinski definition) is 2. The van der Waals surface area contributed by atoms with Gasteiger partial charge >= 0.3 is 0 Å². The van der Waals surface area contributed by atoms with E-state index in [-0.39, 0.29) is 5.91 Å². The van der Waals surface area contributed by atoms with Crippen LogP contribution >= 0.6 is 11.6 Å². The third-order valence-electron chi connectivity index (χ3n) is 3.77. The fourth-order valence-electron chi connectivity index (χ4n) is 2.39. The predicted molar refractivity (Wildman–Crippen MR) is 82.4 cm³/mol. The lowest BCUT2D eigenvalue weighted by Crippen LogP contribution is -2.30. The molecule has 3 rings (SSSR count). The van der Waals surface area contributed by atoms with Crippen molar-refractivity contribution in [1.82, 2.24) is 15.1 Å². The Morgan fingerprint density at radius 3 is 2.90 bits per heavy atom. The zero-order chi connectivity index (χ0) is 14.8. The number of aromatic nitrogens is 2. The highest BCUT2D eigenvalue weighted by molar-refractivity contribution is 6.30. The first-order chi connectivity index (χ1) is 10.2. The van der Waals surface area contributed by atoms with Crippen LogP contribution in [0.25, 0.3) is 0 Å². The van der Waals surface area contributed by atoms with Gasteiger partial charge in [-0.15, -0.1) is 0 Å². The van der Waals surface area contributed by atoms with E-state index >= 15 is 0 Å². The van der Waals surface area contributed by atoms with Gasteiger partial charge in [0.2, 0.25) is 0 Å². The normalized spacial score (nSPS) is 14.2. The number of nitrogens with one attached hydrogen (secondary N) is 1. The molecule has 1 N–H and O–H groups in total. The zero-order valence-corrected chi connectivity index (χ0v) is 12.7. The molecule has 5 heteroatoms. The largest absolute Gasteiger partial charge is 0.333 e. The monoisotopic (exact) mass is 303 g/mol. The van der Waals surface area contributed by atoms with Gasteiger partial charge in [0, 0.05) is 29.7 Å². The number of carbonyl (C=O) groups excluding carboxylic acids is 1. The molecule has 4 nitrogen and oxygen atoms in total. The van der Waals surface area contributed by atoms with E-state index in [9.17, 15) is 4.79 Å². The van der Waals surface area contributed by atoms with E-state index in [2.05, 4.69) is 10.2 Å². The van der Waals surface area contributed by atoms with Gasteiger partial charge in [-0.05, 0) is 43.5 Å². The quantitative estimate of drug-likeness (QED) is 0.917. The van der Waals surface area contributed by atoms with Gasteiger partial charge in [0.25, 0.3) is 5.91 Å². The molecule has 1 aromatic heterocycles. The molecule has 1 amide bonds. The lowest BCUT2D eigenvalue weighted by atomic mass is 10.2. The molecule has 1 fully saturated rings. The van der Waals surface area contributed by atoms with E-state index in [1.165, 1.54) is 12.8 Å². The summed E-state index contributed by atoms with van der Waals surface area (Å²) in [7, 11) is 0. The first kappa shape index (κ1) is 14.1. The average Bonchev–Trinajstić information content (AvgIpc) is 3.22. The maximum Gasteiger partial charge on any atom is 0.274 e. The molecule has 0 radical (unpaired) electrons. The third-order valence-corrected chi connectivity index (χ3v) is 4.00. The van der Waals surface area contributed by atoms with Crippen molar-refractivity contribution >= 4 is 17.5 Å². The van der Waals surface area contributed by atoms with E-state index in [4.69, 9.17) is 11.6 Å². The van der Waals surface area contributed by atoms with Gasteiger partial charge in [-0.25, -0.2) is 0 Å². The van der Waals surface area contributed by atoms with Crippen molar-refractivity contribution in [3.05, 3.63) is 52.3 Å². The third kappa shape index (κ3) is 3.27. The van der Waals surface area contributed by atoms with Gasteiger partial charge in [0.15, 0.2) is 0 Å².